The molecule has 0 saturated heterocycles. The van der Waals surface area contributed by atoms with Crippen LogP contribution in [0, 0.1) is 0 Å². The standard InChI is InChI=1S/C14H17ClN2O2/c1-9(2)16-7-12-14(19-8-17-12)11-5-4-10(15)6-13(11)18-3/h4-6,8-9,16H,7H2,1-3H3. The third-order valence-electron chi connectivity index (χ3n) is 2.73. The molecule has 0 aliphatic rings. The molecule has 0 aliphatic carbocycles. The molecule has 1 aromatic carbocycles. The molecule has 102 valence electrons. The van der Waals surface area contributed by atoms with Crippen LogP contribution in [0.15, 0.2) is 29.0 Å². The normalized spacial score (nSPS) is 11.0. The molecule has 0 atom stereocenters. The van der Waals surface area contributed by atoms with E-state index in [1.54, 1.807) is 13.2 Å². The first-order chi connectivity index (χ1) is 9.11. The minimum atomic E-state index is 0.386. The molecule has 0 spiro atoms. The van der Waals surface area contributed by atoms with Crippen molar-refractivity contribution in [3.05, 3.63) is 35.3 Å². The summed E-state index contributed by atoms with van der Waals surface area (Å²) in [6.45, 7) is 4.82. The molecule has 0 fully saturated rings. The van der Waals surface area contributed by atoms with Gasteiger partial charge in [-0.05, 0) is 18.2 Å². The quantitative estimate of drug-likeness (QED) is 0.910. The Hall–Kier alpha value is -1.52. The van der Waals surface area contributed by atoms with Gasteiger partial charge in [-0.1, -0.05) is 25.4 Å². The Balaban J connectivity index is 2.34. The zero-order valence-corrected chi connectivity index (χ0v) is 12.0. The summed E-state index contributed by atoms with van der Waals surface area (Å²) in [4.78, 5) is 4.24. The second-order valence-corrected chi connectivity index (χ2v) is 4.94. The number of benzene rings is 1. The molecule has 0 unspecified atom stereocenters. The molecular formula is C14H17ClN2O2. The van der Waals surface area contributed by atoms with E-state index >= 15 is 0 Å². The number of hydrogen-bond donors (Lipinski definition) is 1. The van der Waals surface area contributed by atoms with Gasteiger partial charge < -0.3 is 14.5 Å². The van der Waals surface area contributed by atoms with Gasteiger partial charge in [-0.2, -0.15) is 0 Å². The summed E-state index contributed by atoms with van der Waals surface area (Å²) in [5, 5.41) is 3.94. The molecule has 1 N–H and O–H groups in total. The minimum Gasteiger partial charge on any atom is -0.496 e. The van der Waals surface area contributed by atoms with Crippen LogP contribution in [0.1, 0.15) is 19.5 Å². The Bertz CT molecular complexity index is 552. The number of rotatable bonds is 5. The number of methoxy groups -OCH3 is 1. The second kappa shape index (κ2) is 6.08. The molecule has 0 saturated carbocycles. The Kier molecular flexibility index (Phi) is 4.45. The van der Waals surface area contributed by atoms with Gasteiger partial charge in [0.05, 0.1) is 12.7 Å². The first-order valence-electron chi connectivity index (χ1n) is 6.11. The van der Waals surface area contributed by atoms with E-state index in [1.807, 2.05) is 12.1 Å². The SMILES string of the molecule is COc1cc(Cl)ccc1-c1ocnc1CNC(C)C. The number of nitrogens with one attached hydrogen (secondary N) is 1. The van der Waals surface area contributed by atoms with E-state index in [0.29, 0.717) is 29.1 Å². The maximum Gasteiger partial charge on any atom is 0.181 e. The van der Waals surface area contributed by atoms with Gasteiger partial charge in [0.25, 0.3) is 0 Å². The summed E-state index contributed by atoms with van der Waals surface area (Å²) in [5.74, 6) is 1.39. The maximum absolute atomic E-state index is 5.96. The van der Waals surface area contributed by atoms with Crippen molar-refractivity contribution in [2.75, 3.05) is 7.11 Å². The van der Waals surface area contributed by atoms with Crippen molar-refractivity contribution in [3.8, 4) is 17.1 Å². The fourth-order valence-electron chi connectivity index (χ4n) is 1.77. The van der Waals surface area contributed by atoms with Crippen molar-refractivity contribution < 1.29 is 9.15 Å². The van der Waals surface area contributed by atoms with Crippen molar-refractivity contribution in [1.82, 2.24) is 10.3 Å². The van der Waals surface area contributed by atoms with Crippen molar-refractivity contribution in [2.45, 2.75) is 26.4 Å². The molecule has 2 aromatic rings. The number of aromatic nitrogens is 1. The molecule has 0 radical (unpaired) electrons. The van der Waals surface area contributed by atoms with Crippen LogP contribution in [-0.2, 0) is 6.54 Å². The van der Waals surface area contributed by atoms with Crippen LogP contribution in [0.3, 0.4) is 0 Å². The topological polar surface area (TPSA) is 47.3 Å². The minimum absolute atomic E-state index is 0.386. The average Bonchev–Trinajstić information content (AvgIpc) is 2.84. The van der Waals surface area contributed by atoms with Gasteiger partial charge in [0.15, 0.2) is 12.2 Å². The van der Waals surface area contributed by atoms with Gasteiger partial charge in [0.1, 0.15) is 11.4 Å². The smallest absolute Gasteiger partial charge is 0.181 e. The molecule has 19 heavy (non-hydrogen) atoms. The molecule has 1 heterocycles. The van der Waals surface area contributed by atoms with Crippen LogP contribution in [0.4, 0.5) is 0 Å². The van der Waals surface area contributed by atoms with Crippen LogP contribution in [0.5, 0.6) is 5.75 Å². The predicted octanol–water partition coefficient (Wildman–Crippen LogP) is 3.50. The molecule has 0 bridgehead atoms. The number of hydrogen-bond acceptors (Lipinski definition) is 4. The Morgan fingerprint density at radius 1 is 1.42 bits per heavy atom. The largest absolute Gasteiger partial charge is 0.496 e. The lowest BCUT2D eigenvalue weighted by molar-refractivity contribution is 0.414. The van der Waals surface area contributed by atoms with Crippen molar-refractivity contribution >= 4 is 11.6 Å². The fraction of sp³-hybridized carbons (Fsp3) is 0.357. The lowest BCUT2D eigenvalue weighted by Gasteiger charge is -2.09. The lowest BCUT2D eigenvalue weighted by atomic mass is 10.1. The van der Waals surface area contributed by atoms with E-state index in [4.69, 9.17) is 20.8 Å². The van der Waals surface area contributed by atoms with Crippen molar-refractivity contribution in [2.24, 2.45) is 0 Å². The summed E-state index contributed by atoms with van der Waals surface area (Å²) in [5.41, 5.74) is 1.71. The van der Waals surface area contributed by atoms with E-state index in [9.17, 15) is 0 Å². The average molecular weight is 281 g/mol. The lowest BCUT2D eigenvalue weighted by Crippen LogP contribution is -2.22. The number of nitrogens with zero attached hydrogens (tertiary/aromatic N) is 1. The van der Waals surface area contributed by atoms with E-state index in [0.717, 1.165) is 11.3 Å². The number of halogens is 1. The monoisotopic (exact) mass is 280 g/mol. The van der Waals surface area contributed by atoms with Gasteiger partial charge in [0.2, 0.25) is 0 Å². The van der Waals surface area contributed by atoms with Gasteiger partial charge in [0, 0.05) is 17.6 Å². The van der Waals surface area contributed by atoms with Crippen molar-refractivity contribution in [3.63, 3.8) is 0 Å². The highest BCUT2D eigenvalue weighted by atomic mass is 35.5. The summed E-state index contributed by atoms with van der Waals surface area (Å²) < 4.78 is 10.8. The first-order valence-corrected chi connectivity index (χ1v) is 6.49. The van der Waals surface area contributed by atoms with Crippen LogP contribution in [0.2, 0.25) is 5.02 Å². The number of ether oxygens (including phenoxy) is 1. The van der Waals surface area contributed by atoms with Gasteiger partial charge >= 0.3 is 0 Å². The van der Waals surface area contributed by atoms with E-state index in [2.05, 4.69) is 24.1 Å². The Morgan fingerprint density at radius 3 is 2.89 bits per heavy atom. The van der Waals surface area contributed by atoms with Crippen LogP contribution >= 0.6 is 11.6 Å². The van der Waals surface area contributed by atoms with Crippen molar-refractivity contribution in [1.29, 1.82) is 0 Å². The molecular weight excluding hydrogens is 264 g/mol. The summed E-state index contributed by atoms with van der Waals surface area (Å²) in [6, 6.07) is 5.83. The molecule has 1 aromatic heterocycles. The van der Waals surface area contributed by atoms with Crippen LogP contribution in [-0.4, -0.2) is 18.1 Å². The Labute approximate surface area is 117 Å². The van der Waals surface area contributed by atoms with E-state index in [1.165, 1.54) is 6.39 Å². The van der Waals surface area contributed by atoms with Gasteiger partial charge in [-0.15, -0.1) is 0 Å². The van der Waals surface area contributed by atoms with Gasteiger partial charge in [-0.3, -0.25) is 0 Å². The third kappa shape index (κ3) is 3.28. The molecule has 0 aliphatic heterocycles. The highest BCUT2D eigenvalue weighted by Crippen LogP contribution is 2.34. The summed E-state index contributed by atoms with van der Waals surface area (Å²) in [7, 11) is 1.61. The summed E-state index contributed by atoms with van der Waals surface area (Å²) >= 11 is 5.96. The highest BCUT2D eigenvalue weighted by Gasteiger charge is 2.15. The van der Waals surface area contributed by atoms with E-state index in [-0.39, 0.29) is 0 Å². The summed E-state index contributed by atoms with van der Waals surface area (Å²) in [6.07, 6.45) is 1.45. The van der Waals surface area contributed by atoms with Gasteiger partial charge in [-0.25, -0.2) is 4.98 Å². The van der Waals surface area contributed by atoms with Crippen LogP contribution < -0.4 is 10.1 Å². The zero-order valence-electron chi connectivity index (χ0n) is 11.2. The first kappa shape index (κ1) is 13.9. The maximum atomic E-state index is 5.96. The molecule has 2 rings (SSSR count). The van der Waals surface area contributed by atoms with E-state index < -0.39 is 0 Å². The Morgan fingerprint density at radius 2 is 2.21 bits per heavy atom. The fourth-order valence-corrected chi connectivity index (χ4v) is 1.93. The third-order valence-corrected chi connectivity index (χ3v) is 2.96. The second-order valence-electron chi connectivity index (χ2n) is 4.51. The molecule has 4 nitrogen and oxygen atoms in total. The predicted molar refractivity (Wildman–Crippen MR) is 75.5 cm³/mol. The van der Waals surface area contributed by atoms with Crippen LogP contribution in [0.25, 0.3) is 11.3 Å². The highest BCUT2D eigenvalue weighted by molar-refractivity contribution is 6.30. The molecule has 5 heteroatoms. The number of oxazole rings is 1. The molecule has 0 amide bonds. The zero-order chi connectivity index (χ0) is 13.8.